The third-order valence-corrected chi connectivity index (χ3v) is 8.15. The molecule has 0 aromatic heterocycles. The Balaban J connectivity index is 1.57. The number of fused-ring (bicyclic) bond motifs is 1. The van der Waals surface area contributed by atoms with Crippen LogP contribution in [0.5, 0.6) is 0 Å². The van der Waals surface area contributed by atoms with E-state index in [0.717, 1.165) is 5.56 Å². The van der Waals surface area contributed by atoms with E-state index in [1.165, 1.54) is 18.7 Å². The van der Waals surface area contributed by atoms with Crippen LogP contribution in [-0.2, 0) is 25.7 Å². The minimum absolute atomic E-state index is 0.000396. The molecule has 1 heterocycles. The van der Waals surface area contributed by atoms with Crippen molar-refractivity contribution < 1.29 is 41.9 Å². The Morgan fingerprint density at radius 3 is 1.98 bits per heavy atom. The van der Waals surface area contributed by atoms with Gasteiger partial charge in [-0.15, -0.1) is 0 Å². The van der Waals surface area contributed by atoms with Gasteiger partial charge in [-0.1, -0.05) is 82.3 Å². The van der Waals surface area contributed by atoms with Crippen LogP contribution >= 0.6 is 0 Å². The lowest BCUT2D eigenvalue weighted by atomic mass is 9.97. The zero-order valence-corrected chi connectivity index (χ0v) is 26.6. The average Bonchev–Trinajstić information content (AvgIpc) is 3.53. The number of benzene rings is 3. The molecule has 47 heavy (non-hydrogen) atoms. The average molecular weight is 654 g/mol. The minimum atomic E-state index is -5.14. The monoisotopic (exact) mass is 653 g/mol. The summed E-state index contributed by atoms with van der Waals surface area (Å²) in [5.41, 5.74) is 0.741. The highest BCUT2D eigenvalue weighted by molar-refractivity contribution is 6.10. The van der Waals surface area contributed by atoms with Crippen LogP contribution in [0.4, 0.5) is 13.2 Å². The quantitative estimate of drug-likeness (QED) is 0.274. The molecule has 3 aromatic rings. The van der Waals surface area contributed by atoms with E-state index >= 15 is 0 Å². The highest BCUT2D eigenvalue weighted by atomic mass is 19.4. The number of esters is 1. The Kier molecular flexibility index (Phi) is 11.0. The molecule has 0 radical (unpaired) electrons. The third kappa shape index (κ3) is 8.35. The minimum Gasteiger partial charge on any atom is -0.457 e. The molecule has 0 bridgehead atoms. The molecule has 3 atom stereocenters. The maximum atomic E-state index is 13.9. The third-order valence-electron chi connectivity index (χ3n) is 8.15. The Morgan fingerprint density at radius 1 is 0.830 bits per heavy atom. The lowest BCUT2D eigenvalue weighted by molar-refractivity contribution is -0.175. The number of alkyl halides is 3. The van der Waals surface area contributed by atoms with Crippen molar-refractivity contribution in [1.82, 2.24) is 15.5 Å². The molecule has 0 spiro atoms. The second-order valence-electron chi connectivity index (χ2n) is 12.3. The number of carbonyl (C=O) groups excluding carboxylic acids is 5. The number of hydrogen-bond donors (Lipinski definition) is 2. The highest BCUT2D eigenvalue weighted by Crippen LogP contribution is 2.26. The second-order valence-corrected chi connectivity index (χ2v) is 12.3. The van der Waals surface area contributed by atoms with Crippen molar-refractivity contribution in [2.24, 2.45) is 11.8 Å². The van der Waals surface area contributed by atoms with Crippen molar-refractivity contribution in [1.29, 1.82) is 0 Å². The summed E-state index contributed by atoms with van der Waals surface area (Å²) >= 11 is 0. The van der Waals surface area contributed by atoms with Crippen LogP contribution in [0.2, 0.25) is 0 Å². The van der Waals surface area contributed by atoms with Crippen LogP contribution in [0.3, 0.4) is 0 Å². The summed E-state index contributed by atoms with van der Waals surface area (Å²) in [5.74, 6) is -6.33. The summed E-state index contributed by atoms with van der Waals surface area (Å²) in [4.78, 5) is 67.4. The lowest BCUT2D eigenvalue weighted by Gasteiger charge is -2.32. The van der Waals surface area contributed by atoms with Crippen molar-refractivity contribution in [3.05, 3.63) is 83.4 Å². The molecule has 1 saturated heterocycles. The zero-order chi connectivity index (χ0) is 34.5. The summed E-state index contributed by atoms with van der Waals surface area (Å²) < 4.78 is 45.1. The molecule has 0 aliphatic carbocycles. The van der Waals surface area contributed by atoms with E-state index in [9.17, 15) is 37.1 Å². The van der Waals surface area contributed by atoms with Gasteiger partial charge in [0.15, 0.2) is 0 Å². The van der Waals surface area contributed by atoms with Gasteiger partial charge in [-0.05, 0) is 53.1 Å². The van der Waals surface area contributed by atoms with E-state index in [1.54, 1.807) is 74.5 Å². The second kappa shape index (κ2) is 14.8. The molecule has 12 heteroatoms. The summed E-state index contributed by atoms with van der Waals surface area (Å²) in [6.07, 6.45) is -4.58. The van der Waals surface area contributed by atoms with Gasteiger partial charge in [0.1, 0.15) is 18.7 Å². The highest BCUT2D eigenvalue weighted by Gasteiger charge is 2.46. The molecular weight excluding hydrogens is 615 g/mol. The molecule has 1 unspecified atom stereocenters. The molecular formula is C35H38F3N3O6. The van der Waals surface area contributed by atoms with Gasteiger partial charge >= 0.3 is 12.1 Å². The molecule has 1 aliphatic heterocycles. The Morgan fingerprint density at radius 2 is 1.40 bits per heavy atom. The van der Waals surface area contributed by atoms with Crippen molar-refractivity contribution in [3.8, 4) is 0 Å². The van der Waals surface area contributed by atoms with E-state index in [-0.39, 0.29) is 30.7 Å². The van der Waals surface area contributed by atoms with E-state index in [1.807, 2.05) is 6.07 Å². The molecule has 1 aliphatic rings. The van der Waals surface area contributed by atoms with Gasteiger partial charge in [0.2, 0.25) is 11.8 Å². The van der Waals surface area contributed by atoms with Crippen LogP contribution < -0.4 is 10.6 Å². The normalized spacial score (nSPS) is 16.2. The fourth-order valence-electron chi connectivity index (χ4n) is 5.57. The summed E-state index contributed by atoms with van der Waals surface area (Å²) in [6, 6.07) is 15.2. The van der Waals surface area contributed by atoms with Gasteiger partial charge in [-0.25, -0.2) is 4.79 Å². The predicted molar refractivity (Wildman–Crippen MR) is 168 cm³/mol. The smallest absolute Gasteiger partial charge is 0.452 e. The number of nitrogens with zero attached hydrogens (tertiary/aromatic N) is 1. The number of amides is 3. The van der Waals surface area contributed by atoms with Crippen LogP contribution in [-0.4, -0.2) is 65.2 Å². The number of ketones is 1. The Labute approximate surface area is 270 Å². The van der Waals surface area contributed by atoms with E-state index < -0.39 is 65.6 Å². The largest absolute Gasteiger partial charge is 0.457 e. The number of Topliss-reactive ketones (excluding diaryl/α,β-unsaturated/α-hetero) is 1. The molecule has 0 saturated carbocycles. The van der Waals surface area contributed by atoms with Crippen LogP contribution in [0, 0.1) is 11.8 Å². The molecule has 250 valence electrons. The van der Waals surface area contributed by atoms with Crippen molar-refractivity contribution in [2.45, 2.75) is 71.4 Å². The fraction of sp³-hybridized carbons (Fsp3) is 0.400. The van der Waals surface area contributed by atoms with Crippen LogP contribution in [0.25, 0.3) is 10.8 Å². The number of halogens is 3. The first-order valence-corrected chi connectivity index (χ1v) is 15.5. The molecule has 4 rings (SSSR count). The zero-order valence-electron chi connectivity index (χ0n) is 26.6. The number of nitrogens with one attached hydrogen (secondary N) is 2. The van der Waals surface area contributed by atoms with Gasteiger partial charge < -0.3 is 20.3 Å². The Hall–Kier alpha value is -4.74. The van der Waals surface area contributed by atoms with Gasteiger partial charge in [-0.3, -0.25) is 19.2 Å². The number of ether oxygens (including phenoxy) is 1. The van der Waals surface area contributed by atoms with Crippen molar-refractivity contribution in [2.75, 3.05) is 6.54 Å². The molecule has 1 fully saturated rings. The first-order chi connectivity index (χ1) is 22.2. The molecule has 3 amide bonds. The van der Waals surface area contributed by atoms with Crippen molar-refractivity contribution >= 4 is 40.2 Å². The topological polar surface area (TPSA) is 122 Å². The van der Waals surface area contributed by atoms with Gasteiger partial charge in [0, 0.05) is 6.54 Å². The summed E-state index contributed by atoms with van der Waals surface area (Å²) in [7, 11) is 0. The maximum Gasteiger partial charge on any atom is 0.452 e. The standard InChI is InChI=1S/C35H38F3N3O6/c1-20(2)28(30(42)35(36,37)38)39-32(44)27-15-10-16-41(27)33(45)29(21(3)4)40-31(43)25-17-23-13-8-9-14-24(23)18-26(25)34(46)47-19-22-11-6-5-7-12-22/h5-9,11-14,17-18,20-21,27-29H,10,15-16,19H2,1-4H3,(H,39,44)(H,40,43)/t27-,28?,29-/m0/s1. The maximum absolute atomic E-state index is 13.9. The van der Waals surface area contributed by atoms with E-state index in [2.05, 4.69) is 10.6 Å². The summed E-state index contributed by atoms with van der Waals surface area (Å²) in [5, 5.41) is 6.30. The van der Waals surface area contributed by atoms with E-state index in [0.29, 0.717) is 17.2 Å². The number of hydrogen-bond acceptors (Lipinski definition) is 6. The van der Waals surface area contributed by atoms with Gasteiger partial charge in [0.25, 0.3) is 11.7 Å². The lowest BCUT2D eigenvalue weighted by Crippen LogP contribution is -2.58. The van der Waals surface area contributed by atoms with E-state index in [4.69, 9.17) is 4.74 Å². The van der Waals surface area contributed by atoms with Crippen LogP contribution in [0.15, 0.2) is 66.7 Å². The fourth-order valence-corrected chi connectivity index (χ4v) is 5.57. The molecule has 2 N–H and O–H groups in total. The molecule has 3 aromatic carbocycles. The summed E-state index contributed by atoms with van der Waals surface area (Å²) in [6.45, 7) is 6.26. The van der Waals surface area contributed by atoms with Crippen LogP contribution in [0.1, 0.15) is 66.8 Å². The SMILES string of the molecule is CC(C)C(NC(=O)[C@@H]1CCCN1C(=O)[C@@H](NC(=O)c1cc2ccccc2cc1C(=O)OCc1ccccc1)C(C)C)C(=O)C(F)(F)F. The number of likely N-dealkylation sites (tertiary alicyclic amines) is 1. The van der Waals surface area contributed by atoms with Crippen molar-refractivity contribution in [3.63, 3.8) is 0 Å². The number of rotatable bonds is 11. The van der Waals surface area contributed by atoms with Gasteiger partial charge in [-0.2, -0.15) is 13.2 Å². The molecule has 9 nitrogen and oxygen atoms in total. The predicted octanol–water partition coefficient (Wildman–Crippen LogP) is 5.21. The van der Waals surface area contributed by atoms with Gasteiger partial charge in [0.05, 0.1) is 17.2 Å². The Bertz CT molecular complexity index is 1640. The number of carbonyl (C=O) groups is 5. The first kappa shape index (κ1) is 35.1. The first-order valence-electron chi connectivity index (χ1n) is 15.5.